The molecule has 2 aromatic heterocycles. The van der Waals surface area contributed by atoms with Crippen molar-refractivity contribution in [3.63, 3.8) is 0 Å². The molecule has 1 saturated heterocycles. The van der Waals surface area contributed by atoms with E-state index in [0.29, 0.717) is 16.9 Å². The molecule has 0 amide bonds. The number of aromatic nitrogens is 4. The molecule has 2 N–H and O–H groups in total. The molecule has 0 radical (unpaired) electrons. The average Bonchev–Trinajstić information content (AvgIpc) is 3.40. The second-order valence-corrected chi connectivity index (χ2v) is 8.35. The number of nitrogens with zero attached hydrogens (tertiary/aromatic N) is 4. The molecular formula is C24H26F2N6. The van der Waals surface area contributed by atoms with Crippen LogP contribution in [0.3, 0.4) is 0 Å². The van der Waals surface area contributed by atoms with E-state index in [9.17, 15) is 8.78 Å². The van der Waals surface area contributed by atoms with Crippen molar-refractivity contribution in [3.05, 3.63) is 66.3 Å². The molecule has 5 rings (SSSR count). The molecule has 0 spiro atoms. The van der Waals surface area contributed by atoms with Crippen LogP contribution in [0, 0.1) is 11.6 Å². The molecule has 0 unspecified atom stereocenters. The number of hydrogen-bond acceptors (Lipinski definition) is 4. The highest BCUT2D eigenvalue weighted by Crippen LogP contribution is 2.29. The summed E-state index contributed by atoms with van der Waals surface area (Å²) in [5, 5.41) is 8.42. The average molecular weight is 437 g/mol. The van der Waals surface area contributed by atoms with Crippen LogP contribution in [0.25, 0.3) is 22.2 Å². The van der Waals surface area contributed by atoms with Gasteiger partial charge in [0.2, 0.25) is 0 Å². The van der Waals surface area contributed by atoms with E-state index in [0.717, 1.165) is 61.7 Å². The molecule has 0 bridgehead atoms. The third-order valence-electron chi connectivity index (χ3n) is 6.27. The number of fused-ring (bicyclic) bond motifs is 1. The van der Waals surface area contributed by atoms with E-state index in [4.69, 9.17) is 0 Å². The predicted molar refractivity (Wildman–Crippen MR) is 122 cm³/mol. The number of piperidine rings is 1. The minimum absolute atomic E-state index is 0.501. The van der Waals surface area contributed by atoms with Crippen LogP contribution in [0.4, 0.5) is 14.5 Å². The Balaban J connectivity index is 1.21. The van der Waals surface area contributed by atoms with Gasteiger partial charge in [0.05, 0.1) is 0 Å². The van der Waals surface area contributed by atoms with Crippen molar-refractivity contribution in [2.45, 2.75) is 25.3 Å². The van der Waals surface area contributed by atoms with E-state index in [1.807, 2.05) is 29.9 Å². The Morgan fingerprint density at radius 3 is 2.69 bits per heavy atom. The van der Waals surface area contributed by atoms with Gasteiger partial charge in [-0.3, -0.25) is 4.68 Å². The molecule has 1 fully saturated rings. The fourth-order valence-electron chi connectivity index (χ4n) is 4.43. The van der Waals surface area contributed by atoms with Crippen molar-refractivity contribution < 1.29 is 8.78 Å². The Morgan fingerprint density at radius 1 is 1.09 bits per heavy atom. The monoisotopic (exact) mass is 436 g/mol. The smallest absolute Gasteiger partial charge is 0.160 e. The number of aryl methyl sites for hydroxylation is 1. The molecule has 0 saturated carbocycles. The Labute approximate surface area is 185 Å². The van der Waals surface area contributed by atoms with Gasteiger partial charge >= 0.3 is 0 Å². The summed E-state index contributed by atoms with van der Waals surface area (Å²) >= 11 is 0. The highest BCUT2D eigenvalue weighted by molar-refractivity contribution is 5.86. The molecule has 6 nitrogen and oxygen atoms in total. The van der Waals surface area contributed by atoms with Gasteiger partial charge in [-0.05, 0) is 42.7 Å². The number of H-pyrrole nitrogens is 1. The van der Waals surface area contributed by atoms with E-state index in [1.54, 1.807) is 6.33 Å². The largest absolute Gasteiger partial charge is 0.371 e. The van der Waals surface area contributed by atoms with Crippen LogP contribution in [0.1, 0.15) is 18.7 Å². The summed E-state index contributed by atoms with van der Waals surface area (Å²) in [5.41, 5.74) is 3.61. The van der Waals surface area contributed by atoms with Gasteiger partial charge in [-0.2, -0.15) is 5.10 Å². The van der Waals surface area contributed by atoms with Gasteiger partial charge in [-0.1, -0.05) is 12.1 Å². The van der Waals surface area contributed by atoms with Crippen molar-refractivity contribution in [2.24, 2.45) is 7.05 Å². The van der Waals surface area contributed by atoms with Crippen LogP contribution in [-0.2, 0) is 13.5 Å². The van der Waals surface area contributed by atoms with Gasteiger partial charge < -0.3 is 15.2 Å². The highest BCUT2D eigenvalue weighted by atomic mass is 19.2. The zero-order valence-electron chi connectivity index (χ0n) is 18.0. The van der Waals surface area contributed by atoms with E-state index in [2.05, 4.69) is 37.4 Å². The summed E-state index contributed by atoms with van der Waals surface area (Å²) in [6.07, 6.45) is 4.62. The summed E-state index contributed by atoms with van der Waals surface area (Å²) in [6, 6.07) is 13.1. The van der Waals surface area contributed by atoms with Crippen LogP contribution < -0.4 is 10.2 Å². The normalized spacial score (nSPS) is 15.0. The van der Waals surface area contributed by atoms with E-state index < -0.39 is 11.6 Å². The summed E-state index contributed by atoms with van der Waals surface area (Å²) in [5.74, 6) is -0.674. The molecule has 1 aliphatic rings. The number of rotatable bonds is 6. The lowest BCUT2D eigenvalue weighted by atomic mass is 10.0. The van der Waals surface area contributed by atoms with E-state index in [-0.39, 0.29) is 0 Å². The first kappa shape index (κ1) is 20.6. The number of benzene rings is 2. The van der Waals surface area contributed by atoms with Gasteiger partial charge in [0.25, 0.3) is 0 Å². The van der Waals surface area contributed by atoms with Crippen molar-refractivity contribution in [1.29, 1.82) is 0 Å². The third-order valence-corrected chi connectivity index (χ3v) is 6.27. The van der Waals surface area contributed by atoms with Crippen LogP contribution in [0.5, 0.6) is 0 Å². The second-order valence-electron chi connectivity index (χ2n) is 8.35. The molecule has 4 aromatic rings. The fraction of sp³-hybridized carbons (Fsp3) is 0.333. The maximum absolute atomic E-state index is 13.6. The molecule has 0 aliphatic carbocycles. The van der Waals surface area contributed by atoms with Gasteiger partial charge in [0, 0.05) is 67.5 Å². The Kier molecular flexibility index (Phi) is 5.61. The molecular weight excluding hydrogens is 410 g/mol. The zero-order chi connectivity index (χ0) is 22.1. The molecule has 2 aromatic carbocycles. The van der Waals surface area contributed by atoms with Crippen LogP contribution in [-0.4, -0.2) is 45.4 Å². The minimum Gasteiger partial charge on any atom is -0.371 e. The summed E-state index contributed by atoms with van der Waals surface area (Å²) in [4.78, 5) is 9.87. The van der Waals surface area contributed by atoms with Gasteiger partial charge in [0.1, 0.15) is 12.2 Å². The van der Waals surface area contributed by atoms with Crippen molar-refractivity contribution >= 4 is 16.6 Å². The van der Waals surface area contributed by atoms with Crippen molar-refractivity contribution in [3.8, 4) is 11.3 Å². The number of aromatic amines is 1. The molecule has 1 aliphatic heterocycles. The summed E-state index contributed by atoms with van der Waals surface area (Å²) < 4.78 is 28.9. The van der Waals surface area contributed by atoms with E-state index >= 15 is 0 Å². The molecule has 0 atom stereocenters. The minimum atomic E-state index is -0.840. The van der Waals surface area contributed by atoms with Gasteiger partial charge in [0.15, 0.2) is 11.6 Å². The van der Waals surface area contributed by atoms with Gasteiger partial charge in [-0.25, -0.2) is 13.8 Å². The molecule has 166 valence electrons. The lowest BCUT2D eigenvalue weighted by Gasteiger charge is -2.34. The lowest BCUT2D eigenvalue weighted by molar-refractivity contribution is 0.415. The number of hydrogen-bond donors (Lipinski definition) is 2. The van der Waals surface area contributed by atoms with E-state index in [1.165, 1.54) is 12.1 Å². The Hall–Kier alpha value is -3.26. The first-order chi connectivity index (χ1) is 15.6. The SMILES string of the molecule is Cn1ncnc1CCNC1CCN(c2cccc(-c3cc4cc(F)c(F)cc4[nH]3)c2)CC1. The number of halogens is 2. The first-order valence-electron chi connectivity index (χ1n) is 11.0. The summed E-state index contributed by atoms with van der Waals surface area (Å²) in [7, 11) is 1.92. The van der Waals surface area contributed by atoms with Gasteiger partial charge in [-0.15, -0.1) is 0 Å². The maximum Gasteiger partial charge on any atom is 0.160 e. The number of anilines is 1. The van der Waals surface area contributed by atoms with Crippen molar-refractivity contribution in [1.82, 2.24) is 25.1 Å². The van der Waals surface area contributed by atoms with Crippen LogP contribution in [0.15, 0.2) is 48.8 Å². The third kappa shape index (κ3) is 4.23. The molecule has 32 heavy (non-hydrogen) atoms. The standard InChI is InChI=1S/C24H26F2N6/c1-31-24(28-15-29-31)5-8-27-18-6-9-32(10-7-18)19-4-2-3-16(11-19)22-13-17-12-20(25)21(26)14-23(17)30-22/h2-4,11-15,18,27,30H,5-10H2,1H3. The number of nitrogens with one attached hydrogen (secondary N) is 2. The second kappa shape index (κ2) is 8.70. The maximum atomic E-state index is 13.6. The fourth-order valence-corrected chi connectivity index (χ4v) is 4.43. The Bertz CT molecular complexity index is 1180. The highest BCUT2D eigenvalue weighted by Gasteiger charge is 2.19. The molecule has 8 heteroatoms. The summed E-state index contributed by atoms with van der Waals surface area (Å²) in [6.45, 7) is 2.86. The quantitative estimate of drug-likeness (QED) is 0.479. The Morgan fingerprint density at radius 2 is 1.91 bits per heavy atom. The first-order valence-corrected chi connectivity index (χ1v) is 11.0. The lowest BCUT2D eigenvalue weighted by Crippen LogP contribution is -2.43. The van der Waals surface area contributed by atoms with Crippen LogP contribution in [0.2, 0.25) is 0 Å². The van der Waals surface area contributed by atoms with Crippen molar-refractivity contribution in [2.75, 3.05) is 24.5 Å². The topological polar surface area (TPSA) is 61.8 Å². The predicted octanol–water partition coefficient (Wildman–Crippen LogP) is 4.04. The zero-order valence-corrected chi connectivity index (χ0v) is 18.0. The molecule has 3 heterocycles. The van der Waals surface area contributed by atoms with Crippen LogP contribution >= 0.6 is 0 Å².